The van der Waals surface area contributed by atoms with Crippen LogP contribution in [-0.2, 0) is 22.0 Å². The van der Waals surface area contributed by atoms with Crippen LogP contribution in [-0.4, -0.2) is 13.0 Å². The minimum atomic E-state index is -3.71. The van der Waals surface area contributed by atoms with E-state index in [9.17, 15) is 13.2 Å². The highest BCUT2D eigenvalue weighted by Gasteiger charge is 2.21. The van der Waals surface area contributed by atoms with Crippen molar-refractivity contribution in [1.82, 2.24) is 9.29 Å². The number of thiazole rings is 1. The van der Waals surface area contributed by atoms with Crippen molar-refractivity contribution in [1.29, 1.82) is 0 Å². The maximum absolute atomic E-state index is 12.9. The molecule has 3 rings (SSSR count). The molecule has 7 heteroatoms. The predicted octanol–water partition coefficient (Wildman–Crippen LogP) is 4.81. The molecule has 0 saturated heterocycles. The lowest BCUT2D eigenvalue weighted by Crippen LogP contribution is -2.27. The number of aromatic nitrogens is 1. The van der Waals surface area contributed by atoms with Gasteiger partial charge in [-0.25, -0.2) is 13.1 Å². The van der Waals surface area contributed by atoms with Gasteiger partial charge in [0.2, 0.25) is 10.0 Å². The molecule has 3 aromatic rings. The van der Waals surface area contributed by atoms with Crippen molar-refractivity contribution in [2.75, 3.05) is 0 Å². The lowest BCUT2D eigenvalue weighted by Gasteiger charge is -2.20. The maximum Gasteiger partial charge on any atom is 0.308 e. The molecule has 0 aliphatic carbocycles. The summed E-state index contributed by atoms with van der Waals surface area (Å²) in [5.74, 6) is 0. The van der Waals surface area contributed by atoms with Gasteiger partial charge < -0.3 is 0 Å². The van der Waals surface area contributed by atoms with E-state index in [-0.39, 0.29) is 21.2 Å². The van der Waals surface area contributed by atoms with Gasteiger partial charge in [-0.05, 0) is 48.1 Å². The zero-order valence-corrected chi connectivity index (χ0v) is 19.2. The number of hydrogen-bond acceptors (Lipinski definition) is 4. The van der Waals surface area contributed by atoms with E-state index < -0.39 is 10.0 Å². The molecule has 0 bridgehead atoms. The summed E-state index contributed by atoms with van der Waals surface area (Å²) in [4.78, 5) is 12.3. The first kappa shape index (κ1) is 21.7. The number of fused-ring (bicyclic) bond motifs is 1. The Morgan fingerprint density at radius 2 is 1.76 bits per heavy atom. The van der Waals surface area contributed by atoms with Gasteiger partial charge in [-0.2, -0.15) is 0 Å². The Labute approximate surface area is 176 Å². The number of hydrogen-bond donors (Lipinski definition) is 1. The molecule has 0 spiro atoms. The summed E-state index contributed by atoms with van der Waals surface area (Å²) in [5, 5.41) is 0. The van der Waals surface area contributed by atoms with E-state index in [0.717, 1.165) is 28.8 Å². The zero-order chi connectivity index (χ0) is 21.4. The first-order valence-electron chi connectivity index (χ1n) is 9.79. The van der Waals surface area contributed by atoms with Crippen molar-refractivity contribution in [3.63, 3.8) is 0 Å². The van der Waals surface area contributed by atoms with Crippen LogP contribution in [0.1, 0.15) is 58.2 Å². The molecular weight excluding hydrogens is 404 g/mol. The van der Waals surface area contributed by atoms with E-state index >= 15 is 0 Å². The maximum atomic E-state index is 12.9. The average molecular weight is 433 g/mol. The largest absolute Gasteiger partial charge is 0.308 e. The van der Waals surface area contributed by atoms with Crippen molar-refractivity contribution in [2.45, 2.75) is 63.9 Å². The average Bonchev–Trinajstić information content (AvgIpc) is 2.96. The van der Waals surface area contributed by atoms with Crippen LogP contribution < -0.4 is 9.60 Å². The molecular formula is C22H28N2O3S2. The molecule has 5 nitrogen and oxygen atoms in total. The van der Waals surface area contributed by atoms with Gasteiger partial charge in [0.1, 0.15) is 0 Å². The van der Waals surface area contributed by atoms with Gasteiger partial charge in [-0.15, -0.1) is 0 Å². The molecule has 0 aliphatic heterocycles. The second kappa shape index (κ2) is 8.05. The van der Waals surface area contributed by atoms with Gasteiger partial charge in [-0.1, -0.05) is 63.3 Å². The van der Waals surface area contributed by atoms with Crippen LogP contribution in [0.3, 0.4) is 0 Å². The fraction of sp³-hybridized carbons (Fsp3) is 0.409. The van der Waals surface area contributed by atoms with Gasteiger partial charge in [0.15, 0.2) is 0 Å². The first-order valence-corrected chi connectivity index (χ1v) is 12.1. The highest BCUT2D eigenvalue weighted by Crippen LogP contribution is 2.26. The van der Waals surface area contributed by atoms with Crippen molar-refractivity contribution in [3.05, 3.63) is 63.3 Å². The van der Waals surface area contributed by atoms with Crippen molar-refractivity contribution >= 4 is 31.6 Å². The van der Waals surface area contributed by atoms with Gasteiger partial charge in [0, 0.05) is 12.6 Å². The quantitative estimate of drug-likeness (QED) is 0.608. The fourth-order valence-electron chi connectivity index (χ4n) is 3.29. The second-order valence-corrected chi connectivity index (χ2v) is 11.1. The summed E-state index contributed by atoms with van der Waals surface area (Å²) in [5.41, 5.74) is 2.94. The Morgan fingerprint density at radius 3 is 2.34 bits per heavy atom. The van der Waals surface area contributed by atoms with E-state index in [2.05, 4.69) is 25.5 Å². The molecule has 29 heavy (non-hydrogen) atoms. The SMILES string of the molecule is CCCn1c(=O)sc2cc(S(=O)(=O)N[C@H](C)c3ccc(C(C)(C)C)cc3)ccc21. The second-order valence-electron chi connectivity index (χ2n) is 8.36. The number of benzene rings is 2. The van der Waals surface area contributed by atoms with Gasteiger partial charge in [-0.3, -0.25) is 9.36 Å². The molecule has 0 saturated carbocycles. The molecule has 156 valence electrons. The Hall–Kier alpha value is -1.96. The van der Waals surface area contributed by atoms with Crippen LogP contribution in [0.2, 0.25) is 0 Å². The lowest BCUT2D eigenvalue weighted by molar-refractivity contribution is 0.566. The minimum Gasteiger partial charge on any atom is -0.299 e. The summed E-state index contributed by atoms with van der Waals surface area (Å²) in [6.07, 6.45) is 0.846. The molecule has 1 aromatic heterocycles. The monoisotopic (exact) mass is 432 g/mol. The Balaban J connectivity index is 1.86. The topological polar surface area (TPSA) is 68.2 Å². The van der Waals surface area contributed by atoms with Crippen LogP contribution in [0.4, 0.5) is 0 Å². The lowest BCUT2D eigenvalue weighted by atomic mass is 9.86. The molecule has 0 fully saturated rings. The van der Waals surface area contributed by atoms with E-state index in [1.165, 1.54) is 5.56 Å². The molecule has 0 aliphatic rings. The van der Waals surface area contributed by atoms with Crippen LogP contribution in [0.15, 0.2) is 52.2 Å². The zero-order valence-electron chi connectivity index (χ0n) is 17.5. The number of nitrogens with zero attached hydrogens (tertiary/aromatic N) is 1. The number of nitrogens with one attached hydrogen (secondary N) is 1. The molecule has 1 atom stereocenters. The third-order valence-corrected chi connectivity index (χ3v) is 7.49. The van der Waals surface area contributed by atoms with Gasteiger partial charge >= 0.3 is 4.87 Å². The minimum absolute atomic E-state index is 0.0481. The smallest absolute Gasteiger partial charge is 0.299 e. The summed E-state index contributed by atoms with van der Waals surface area (Å²) >= 11 is 1.08. The number of rotatable bonds is 6. The van der Waals surface area contributed by atoms with Gasteiger partial charge in [0.05, 0.1) is 15.1 Å². The van der Waals surface area contributed by atoms with E-state index in [0.29, 0.717) is 11.2 Å². The molecule has 0 unspecified atom stereocenters. The Kier molecular flexibility index (Phi) is 6.03. The predicted molar refractivity (Wildman–Crippen MR) is 120 cm³/mol. The number of sulfonamides is 1. The van der Waals surface area contributed by atoms with E-state index in [1.807, 2.05) is 38.1 Å². The number of aryl methyl sites for hydroxylation is 1. The molecule has 1 heterocycles. The fourth-order valence-corrected chi connectivity index (χ4v) is 5.58. The first-order chi connectivity index (χ1) is 13.5. The third kappa shape index (κ3) is 4.63. The third-order valence-electron chi connectivity index (χ3n) is 5.01. The van der Waals surface area contributed by atoms with Crippen LogP contribution in [0, 0.1) is 0 Å². The molecule has 0 amide bonds. The summed E-state index contributed by atoms with van der Waals surface area (Å²) in [6, 6.07) is 12.5. The summed E-state index contributed by atoms with van der Waals surface area (Å²) in [6.45, 7) is 10.9. The van der Waals surface area contributed by atoms with Crippen LogP contribution >= 0.6 is 11.3 Å². The standard InChI is InChI=1S/C22H28N2O3S2/c1-6-13-24-19-12-11-18(14-20(19)28-21(24)25)29(26,27)23-15(2)16-7-9-17(10-8-16)22(3,4)5/h7-12,14-15,23H,6,13H2,1-5H3/t15-/m1/s1. The van der Waals surface area contributed by atoms with E-state index in [4.69, 9.17) is 0 Å². The van der Waals surface area contributed by atoms with Crippen LogP contribution in [0.5, 0.6) is 0 Å². The molecule has 1 N–H and O–H groups in total. The Bertz CT molecular complexity index is 1170. The van der Waals surface area contributed by atoms with Crippen LogP contribution in [0.25, 0.3) is 10.2 Å². The van der Waals surface area contributed by atoms with Crippen molar-refractivity contribution in [2.24, 2.45) is 0 Å². The van der Waals surface area contributed by atoms with Gasteiger partial charge in [0.25, 0.3) is 0 Å². The van der Waals surface area contributed by atoms with E-state index in [1.54, 1.807) is 22.8 Å². The highest BCUT2D eigenvalue weighted by atomic mass is 32.2. The summed E-state index contributed by atoms with van der Waals surface area (Å²) < 4.78 is 31.0. The van der Waals surface area contributed by atoms with Crippen molar-refractivity contribution < 1.29 is 8.42 Å². The summed E-state index contributed by atoms with van der Waals surface area (Å²) in [7, 11) is -3.71. The molecule has 2 aromatic carbocycles. The Morgan fingerprint density at radius 1 is 1.10 bits per heavy atom. The highest BCUT2D eigenvalue weighted by molar-refractivity contribution is 7.89. The molecule has 0 radical (unpaired) electrons. The normalized spacial score (nSPS) is 13.7. The van der Waals surface area contributed by atoms with Crippen molar-refractivity contribution in [3.8, 4) is 0 Å².